The number of para-hydroxylation sites is 1. The number of benzene rings is 1. The topological polar surface area (TPSA) is 24.5 Å². The summed E-state index contributed by atoms with van der Waals surface area (Å²) in [5, 5.41) is 3.30. The predicted molar refractivity (Wildman–Crippen MR) is 80.7 cm³/mol. The van der Waals surface area contributed by atoms with Gasteiger partial charge in [-0.15, -0.1) is 0 Å². The summed E-state index contributed by atoms with van der Waals surface area (Å²) in [4.78, 5) is 2.15. The molecule has 1 aliphatic heterocycles. The van der Waals surface area contributed by atoms with E-state index in [1.165, 1.54) is 6.07 Å². The summed E-state index contributed by atoms with van der Waals surface area (Å²) in [6, 6.07) is 7.04. The summed E-state index contributed by atoms with van der Waals surface area (Å²) in [5.41, 5.74) is 0.877. The number of nitrogens with one attached hydrogen (secondary N) is 1. The third-order valence-electron chi connectivity index (χ3n) is 4.21. The Labute approximate surface area is 121 Å². The summed E-state index contributed by atoms with van der Waals surface area (Å²) >= 11 is 0. The maximum atomic E-state index is 14.0. The Bertz CT molecular complexity index is 413. The molecule has 0 radical (unpaired) electrons. The van der Waals surface area contributed by atoms with E-state index in [1.54, 1.807) is 6.07 Å². The molecule has 0 atom stereocenters. The van der Waals surface area contributed by atoms with Gasteiger partial charge in [0, 0.05) is 38.3 Å². The van der Waals surface area contributed by atoms with Crippen LogP contribution in [0.4, 0.5) is 10.1 Å². The lowest BCUT2D eigenvalue weighted by atomic mass is 9.79. The normalized spacial score (nSPS) is 17.9. The first-order valence-corrected chi connectivity index (χ1v) is 7.42. The molecule has 1 heterocycles. The third kappa shape index (κ3) is 3.49. The molecule has 0 unspecified atom stereocenters. The van der Waals surface area contributed by atoms with Crippen molar-refractivity contribution in [3.63, 3.8) is 0 Å². The van der Waals surface area contributed by atoms with Gasteiger partial charge in [-0.05, 0) is 38.9 Å². The molecule has 1 fully saturated rings. The number of anilines is 1. The molecule has 1 saturated heterocycles. The van der Waals surface area contributed by atoms with E-state index in [9.17, 15) is 4.39 Å². The van der Waals surface area contributed by atoms with Crippen LogP contribution < -0.4 is 10.2 Å². The fraction of sp³-hybridized carbons (Fsp3) is 0.625. The van der Waals surface area contributed by atoms with Crippen molar-refractivity contribution in [1.29, 1.82) is 0 Å². The largest absolute Gasteiger partial charge is 0.381 e. The zero-order valence-corrected chi connectivity index (χ0v) is 12.5. The summed E-state index contributed by atoms with van der Waals surface area (Å²) in [6.07, 6.45) is 2.05. The minimum Gasteiger partial charge on any atom is -0.381 e. The van der Waals surface area contributed by atoms with E-state index in [0.29, 0.717) is 5.69 Å². The van der Waals surface area contributed by atoms with E-state index >= 15 is 0 Å². The molecule has 0 aliphatic carbocycles. The van der Waals surface area contributed by atoms with Gasteiger partial charge in [0.2, 0.25) is 0 Å². The minimum absolute atomic E-state index is 0.138. The SMILES string of the molecule is CCN(CC1(CNC)CCOCC1)c1ccccc1F. The average Bonchev–Trinajstić information content (AvgIpc) is 2.47. The number of ether oxygens (including phenoxy) is 1. The molecule has 0 saturated carbocycles. The van der Waals surface area contributed by atoms with Crippen molar-refractivity contribution in [3.05, 3.63) is 30.1 Å². The van der Waals surface area contributed by atoms with Crippen LogP contribution in [0.3, 0.4) is 0 Å². The molecular formula is C16H25FN2O. The minimum atomic E-state index is -0.138. The van der Waals surface area contributed by atoms with Crippen molar-refractivity contribution in [3.8, 4) is 0 Å². The Kier molecular flexibility index (Phi) is 5.38. The number of hydrogen-bond acceptors (Lipinski definition) is 3. The molecule has 3 nitrogen and oxygen atoms in total. The Balaban J connectivity index is 2.16. The van der Waals surface area contributed by atoms with Crippen molar-refractivity contribution in [2.24, 2.45) is 5.41 Å². The standard InChI is InChI=1S/C16H25FN2O/c1-3-19(15-7-5-4-6-14(15)17)13-16(12-18-2)8-10-20-11-9-16/h4-7,18H,3,8-13H2,1-2H3. The number of halogens is 1. The van der Waals surface area contributed by atoms with Gasteiger partial charge >= 0.3 is 0 Å². The van der Waals surface area contributed by atoms with Gasteiger partial charge in [0.1, 0.15) is 5.82 Å². The van der Waals surface area contributed by atoms with Crippen LogP contribution in [0.1, 0.15) is 19.8 Å². The lowest BCUT2D eigenvalue weighted by molar-refractivity contribution is 0.0192. The molecule has 1 aromatic rings. The quantitative estimate of drug-likeness (QED) is 0.867. The van der Waals surface area contributed by atoms with Crippen LogP contribution in [0.2, 0.25) is 0 Å². The van der Waals surface area contributed by atoms with Crippen LogP contribution >= 0.6 is 0 Å². The Morgan fingerprint density at radius 1 is 1.30 bits per heavy atom. The Morgan fingerprint density at radius 3 is 2.60 bits per heavy atom. The first kappa shape index (κ1) is 15.3. The summed E-state index contributed by atoms with van der Waals surface area (Å²) in [7, 11) is 1.98. The van der Waals surface area contributed by atoms with E-state index in [0.717, 1.165) is 45.7 Å². The molecule has 0 bridgehead atoms. The highest BCUT2D eigenvalue weighted by Crippen LogP contribution is 2.33. The summed E-state index contributed by atoms with van der Waals surface area (Å²) in [5.74, 6) is -0.138. The fourth-order valence-electron chi connectivity index (χ4n) is 3.05. The predicted octanol–water partition coefficient (Wildman–Crippen LogP) is 2.67. The summed E-state index contributed by atoms with van der Waals surface area (Å²) < 4.78 is 19.5. The Morgan fingerprint density at radius 2 is 2.00 bits per heavy atom. The van der Waals surface area contributed by atoms with Crippen LogP contribution in [0.5, 0.6) is 0 Å². The first-order valence-electron chi connectivity index (χ1n) is 7.42. The number of hydrogen-bond donors (Lipinski definition) is 1. The van der Waals surface area contributed by atoms with Crippen molar-refractivity contribution in [2.75, 3.05) is 44.8 Å². The van der Waals surface area contributed by atoms with Gasteiger partial charge in [0.25, 0.3) is 0 Å². The van der Waals surface area contributed by atoms with Gasteiger partial charge < -0.3 is 15.0 Å². The van der Waals surface area contributed by atoms with E-state index in [-0.39, 0.29) is 11.2 Å². The van der Waals surface area contributed by atoms with Crippen molar-refractivity contribution in [2.45, 2.75) is 19.8 Å². The molecule has 0 aromatic heterocycles. The second-order valence-electron chi connectivity index (χ2n) is 5.61. The molecule has 0 amide bonds. The lowest BCUT2D eigenvalue weighted by Crippen LogP contribution is -2.47. The van der Waals surface area contributed by atoms with Gasteiger partial charge in [-0.3, -0.25) is 0 Å². The molecule has 1 N–H and O–H groups in total. The van der Waals surface area contributed by atoms with Crippen molar-refractivity contribution < 1.29 is 9.13 Å². The van der Waals surface area contributed by atoms with E-state index in [4.69, 9.17) is 4.74 Å². The zero-order chi connectivity index (χ0) is 14.4. The molecule has 20 heavy (non-hydrogen) atoms. The third-order valence-corrected chi connectivity index (χ3v) is 4.21. The van der Waals surface area contributed by atoms with Crippen LogP contribution in [-0.4, -0.2) is 39.9 Å². The summed E-state index contributed by atoms with van der Waals surface area (Å²) in [6.45, 7) is 6.31. The van der Waals surface area contributed by atoms with Gasteiger partial charge in [-0.2, -0.15) is 0 Å². The number of nitrogens with zero attached hydrogens (tertiary/aromatic N) is 1. The molecule has 2 rings (SSSR count). The van der Waals surface area contributed by atoms with Gasteiger partial charge in [-0.25, -0.2) is 4.39 Å². The average molecular weight is 280 g/mol. The van der Waals surface area contributed by atoms with Crippen molar-refractivity contribution in [1.82, 2.24) is 5.32 Å². The first-order chi connectivity index (χ1) is 9.71. The maximum Gasteiger partial charge on any atom is 0.146 e. The molecule has 1 aromatic carbocycles. The smallest absolute Gasteiger partial charge is 0.146 e. The highest BCUT2D eigenvalue weighted by atomic mass is 19.1. The van der Waals surface area contributed by atoms with Crippen LogP contribution in [0.25, 0.3) is 0 Å². The zero-order valence-electron chi connectivity index (χ0n) is 12.5. The number of rotatable bonds is 6. The van der Waals surface area contributed by atoms with Gasteiger partial charge in [0.05, 0.1) is 5.69 Å². The molecule has 112 valence electrons. The highest BCUT2D eigenvalue weighted by molar-refractivity contribution is 5.47. The monoisotopic (exact) mass is 280 g/mol. The van der Waals surface area contributed by atoms with Crippen LogP contribution in [-0.2, 0) is 4.74 Å². The second kappa shape index (κ2) is 7.04. The second-order valence-corrected chi connectivity index (χ2v) is 5.61. The Hall–Kier alpha value is -1.13. The van der Waals surface area contributed by atoms with Gasteiger partial charge in [0.15, 0.2) is 0 Å². The van der Waals surface area contributed by atoms with Crippen molar-refractivity contribution >= 4 is 5.69 Å². The molecular weight excluding hydrogens is 255 g/mol. The lowest BCUT2D eigenvalue weighted by Gasteiger charge is -2.41. The van der Waals surface area contributed by atoms with E-state index in [1.807, 2.05) is 19.2 Å². The van der Waals surface area contributed by atoms with Gasteiger partial charge in [-0.1, -0.05) is 12.1 Å². The van der Waals surface area contributed by atoms with Crippen LogP contribution in [0.15, 0.2) is 24.3 Å². The van der Waals surface area contributed by atoms with Crippen LogP contribution in [0, 0.1) is 11.2 Å². The van der Waals surface area contributed by atoms with E-state index < -0.39 is 0 Å². The molecule has 0 spiro atoms. The van der Waals surface area contributed by atoms with E-state index in [2.05, 4.69) is 17.1 Å². The molecule has 1 aliphatic rings. The molecule has 4 heteroatoms. The fourth-order valence-corrected chi connectivity index (χ4v) is 3.05. The highest BCUT2D eigenvalue weighted by Gasteiger charge is 2.34. The maximum absolute atomic E-state index is 14.0.